The summed E-state index contributed by atoms with van der Waals surface area (Å²) in [5.74, 6) is 1.68. The molecule has 1 saturated carbocycles. The van der Waals surface area contributed by atoms with Gasteiger partial charge in [-0.1, -0.05) is 26.2 Å². The first-order valence-electron chi connectivity index (χ1n) is 10.6. The van der Waals surface area contributed by atoms with Gasteiger partial charge in [0.1, 0.15) is 0 Å². The molecule has 146 valence electrons. The smallest absolute Gasteiger partial charge is 0.191 e. The number of hydrogen-bond acceptors (Lipinski definition) is 3. The third kappa shape index (κ3) is 6.78. The lowest BCUT2D eigenvalue weighted by molar-refractivity contribution is 0.137. The van der Waals surface area contributed by atoms with Gasteiger partial charge in [-0.15, -0.1) is 0 Å². The molecule has 5 nitrogen and oxygen atoms in total. The maximum absolute atomic E-state index is 9.49. The lowest BCUT2D eigenvalue weighted by Crippen LogP contribution is -2.45. The Morgan fingerprint density at radius 1 is 1.16 bits per heavy atom. The molecule has 0 bridgehead atoms. The molecule has 2 aliphatic rings. The van der Waals surface area contributed by atoms with Crippen LogP contribution in [0.1, 0.15) is 65.2 Å². The number of aliphatic imine (C=N–C) groups is 1. The molecule has 1 unspecified atom stereocenters. The molecule has 0 spiro atoms. The second kappa shape index (κ2) is 11.0. The second-order valence-corrected chi connectivity index (χ2v) is 8.01. The maximum Gasteiger partial charge on any atom is 0.191 e. The van der Waals surface area contributed by atoms with E-state index in [0.717, 1.165) is 44.5 Å². The van der Waals surface area contributed by atoms with E-state index in [1.807, 2.05) is 0 Å². The summed E-state index contributed by atoms with van der Waals surface area (Å²) in [5.41, 5.74) is 0.221. The zero-order valence-electron chi connectivity index (χ0n) is 16.5. The van der Waals surface area contributed by atoms with Gasteiger partial charge in [-0.3, -0.25) is 4.99 Å². The van der Waals surface area contributed by atoms with Gasteiger partial charge in [0, 0.05) is 32.8 Å². The summed E-state index contributed by atoms with van der Waals surface area (Å²) >= 11 is 0. The minimum atomic E-state index is 0.221. The molecule has 1 aliphatic carbocycles. The number of rotatable bonds is 8. The third-order valence-corrected chi connectivity index (χ3v) is 6.08. The number of aliphatic hydroxyl groups excluding tert-OH is 1. The Bertz CT molecular complexity index is 388. The molecule has 25 heavy (non-hydrogen) atoms. The van der Waals surface area contributed by atoms with Crippen LogP contribution >= 0.6 is 0 Å². The van der Waals surface area contributed by atoms with Crippen LogP contribution in [-0.4, -0.2) is 61.8 Å². The largest absolute Gasteiger partial charge is 0.396 e. The molecule has 1 saturated heterocycles. The monoisotopic (exact) mass is 352 g/mol. The molecule has 2 fully saturated rings. The Kier molecular flexibility index (Phi) is 9.04. The van der Waals surface area contributed by atoms with Crippen molar-refractivity contribution in [1.29, 1.82) is 0 Å². The predicted octanol–water partition coefficient (Wildman–Crippen LogP) is 2.61. The van der Waals surface area contributed by atoms with E-state index in [1.165, 1.54) is 58.0 Å². The van der Waals surface area contributed by atoms with Gasteiger partial charge in [0.25, 0.3) is 0 Å². The summed E-state index contributed by atoms with van der Waals surface area (Å²) in [4.78, 5) is 7.47. The molecule has 0 radical (unpaired) electrons. The molecule has 3 N–H and O–H groups in total. The van der Waals surface area contributed by atoms with Gasteiger partial charge in [0.2, 0.25) is 0 Å². The van der Waals surface area contributed by atoms with Crippen molar-refractivity contribution in [2.75, 3.05) is 45.9 Å². The molecule has 0 aromatic carbocycles. The average molecular weight is 353 g/mol. The number of aliphatic hydroxyl groups is 1. The van der Waals surface area contributed by atoms with Gasteiger partial charge in [-0.2, -0.15) is 0 Å². The standard InChI is InChI=1S/C20H40N4O/c1-3-21-19(22-15-18-9-8-13-24(4-2)16-18)23-17-20(12-14-25)10-6-5-7-11-20/h18,25H,3-17H2,1-2H3,(H2,21,22,23). The van der Waals surface area contributed by atoms with Crippen LogP contribution in [0.25, 0.3) is 0 Å². The minimum Gasteiger partial charge on any atom is -0.396 e. The topological polar surface area (TPSA) is 59.9 Å². The van der Waals surface area contributed by atoms with Crippen LogP contribution in [0.4, 0.5) is 0 Å². The van der Waals surface area contributed by atoms with Crippen molar-refractivity contribution in [3.63, 3.8) is 0 Å². The van der Waals surface area contributed by atoms with E-state index < -0.39 is 0 Å². The number of hydrogen-bond donors (Lipinski definition) is 3. The molecular weight excluding hydrogens is 312 g/mol. The summed E-state index contributed by atoms with van der Waals surface area (Å²) in [6, 6.07) is 0. The molecule has 1 heterocycles. The fourth-order valence-electron chi connectivity index (χ4n) is 4.46. The normalized spacial score (nSPS) is 24.9. The fourth-order valence-corrected chi connectivity index (χ4v) is 4.46. The Labute approximate surface area is 154 Å². The number of likely N-dealkylation sites (tertiary alicyclic amines) is 1. The molecule has 0 amide bonds. The Balaban J connectivity index is 1.88. The molecule has 0 aromatic rings. The van der Waals surface area contributed by atoms with E-state index in [9.17, 15) is 5.11 Å². The summed E-state index contributed by atoms with van der Waals surface area (Å²) < 4.78 is 0. The molecule has 2 rings (SSSR count). The fraction of sp³-hybridized carbons (Fsp3) is 0.950. The average Bonchev–Trinajstić information content (AvgIpc) is 2.65. The summed E-state index contributed by atoms with van der Waals surface area (Å²) in [6.45, 7) is 11.0. The number of guanidine groups is 1. The van der Waals surface area contributed by atoms with Gasteiger partial charge in [-0.25, -0.2) is 0 Å². The van der Waals surface area contributed by atoms with Crippen LogP contribution in [0.5, 0.6) is 0 Å². The number of piperidine rings is 1. The van der Waals surface area contributed by atoms with Crippen molar-refractivity contribution in [3.05, 3.63) is 0 Å². The summed E-state index contributed by atoms with van der Waals surface area (Å²) in [5, 5.41) is 16.5. The zero-order valence-corrected chi connectivity index (χ0v) is 16.5. The van der Waals surface area contributed by atoms with Crippen LogP contribution in [0.15, 0.2) is 4.99 Å². The first kappa shape index (κ1) is 20.5. The molecule has 0 aromatic heterocycles. The van der Waals surface area contributed by atoms with Crippen LogP contribution in [-0.2, 0) is 0 Å². The van der Waals surface area contributed by atoms with Gasteiger partial charge < -0.3 is 20.6 Å². The minimum absolute atomic E-state index is 0.221. The Morgan fingerprint density at radius 2 is 1.96 bits per heavy atom. The van der Waals surface area contributed by atoms with Crippen molar-refractivity contribution in [3.8, 4) is 0 Å². The van der Waals surface area contributed by atoms with Gasteiger partial charge in [0.05, 0.1) is 0 Å². The van der Waals surface area contributed by atoms with E-state index in [0.29, 0.717) is 0 Å². The highest BCUT2D eigenvalue weighted by molar-refractivity contribution is 5.79. The number of nitrogens with zero attached hydrogens (tertiary/aromatic N) is 2. The first-order chi connectivity index (χ1) is 12.2. The lowest BCUT2D eigenvalue weighted by atomic mass is 9.72. The van der Waals surface area contributed by atoms with Gasteiger partial charge in [0.15, 0.2) is 5.96 Å². The van der Waals surface area contributed by atoms with Crippen molar-refractivity contribution in [1.82, 2.24) is 15.5 Å². The SMILES string of the molecule is CCNC(=NCC1(CCO)CCCCC1)NCC1CCCN(CC)C1. The van der Waals surface area contributed by atoms with Gasteiger partial charge in [-0.05, 0) is 63.5 Å². The van der Waals surface area contributed by atoms with E-state index >= 15 is 0 Å². The predicted molar refractivity (Wildman–Crippen MR) is 106 cm³/mol. The first-order valence-corrected chi connectivity index (χ1v) is 10.6. The number of nitrogens with one attached hydrogen (secondary N) is 2. The van der Waals surface area contributed by atoms with Gasteiger partial charge >= 0.3 is 0 Å². The molecule has 1 atom stereocenters. The van der Waals surface area contributed by atoms with E-state index in [2.05, 4.69) is 29.4 Å². The Hall–Kier alpha value is -0.810. The van der Waals surface area contributed by atoms with Crippen molar-refractivity contribution < 1.29 is 5.11 Å². The highest BCUT2D eigenvalue weighted by atomic mass is 16.3. The summed E-state index contributed by atoms with van der Waals surface area (Å²) in [7, 11) is 0. The van der Waals surface area contributed by atoms with E-state index in [1.54, 1.807) is 0 Å². The molecule has 5 heteroatoms. The second-order valence-electron chi connectivity index (χ2n) is 8.01. The quantitative estimate of drug-likeness (QED) is 0.464. The molecule has 1 aliphatic heterocycles. The highest BCUT2D eigenvalue weighted by Crippen LogP contribution is 2.39. The zero-order chi connectivity index (χ0) is 18.0. The van der Waals surface area contributed by atoms with E-state index in [4.69, 9.17) is 4.99 Å². The molecular formula is C20H40N4O. The van der Waals surface area contributed by atoms with Crippen LogP contribution in [0, 0.1) is 11.3 Å². The lowest BCUT2D eigenvalue weighted by Gasteiger charge is -2.36. The van der Waals surface area contributed by atoms with Crippen LogP contribution < -0.4 is 10.6 Å². The van der Waals surface area contributed by atoms with Crippen molar-refractivity contribution in [2.24, 2.45) is 16.3 Å². The Morgan fingerprint density at radius 3 is 2.64 bits per heavy atom. The third-order valence-electron chi connectivity index (χ3n) is 6.08. The highest BCUT2D eigenvalue weighted by Gasteiger charge is 2.31. The van der Waals surface area contributed by atoms with Crippen LogP contribution in [0.2, 0.25) is 0 Å². The van der Waals surface area contributed by atoms with Crippen molar-refractivity contribution >= 4 is 5.96 Å². The van der Waals surface area contributed by atoms with Crippen molar-refractivity contribution in [2.45, 2.75) is 65.2 Å². The summed E-state index contributed by atoms with van der Waals surface area (Å²) in [6.07, 6.45) is 9.86. The van der Waals surface area contributed by atoms with Crippen LogP contribution in [0.3, 0.4) is 0 Å². The maximum atomic E-state index is 9.49. The van der Waals surface area contributed by atoms with E-state index in [-0.39, 0.29) is 12.0 Å².